The number of nitrogens with zero attached hydrogens (tertiary/aromatic N) is 2. The van der Waals surface area contributed by atoms with Crippen molar-refractivity contribution in [1.29, 1.82) is 5.26 Å². The number of aromatic carboxylic acids is 1. The van der Waals surface area contributed by atoms with E-state index in [0.29, 0.717) is 0 Å². The third-order valence-corrected chi connectivity index (χ3v) is 3.14. The lowest BCUT2D eigenvalue weighted by atomic mass is 10.2. The molecule has 0 saturated heterocycles. The van der Waals surface area contributed by atoms with E-state index in [2.05, 4.69) is 20.9 Å². The molecule has 0 amide bonds. The molecule has 0 spiro atoms. The summed E-state index contributed by atoms with van der Waals surface area (Å²) in [6, 6.07) is 7.25. The van der Waals surface area contributed by atoms with Crippen molar-refractivity contribution in [2.75, 3.05) is 0 Å². The smallest absolute Gasteiger partial charge is 0.358 e. The van der Waals surface area contributed by atoms with Crippen molar-refractivity contribution >= 4 is 21.9 Å². The quantitative estimate of drug-likeness (QED) is 0.929. The normalized spacial score (nSPS) is 9.85. The summed E-state index contributed by atoms with van der Waals surface area (Å²) in [6.07, 6.45) is 1.29. The van der Waals surface area contributed by atoms with Crippen molar-refractivity contribution in [2.24, 2.45) is 0 Å². The van der Waals surface area contributed by atoms with Crippen molar-refractivity contribution in [3.63, 3.8) is 0 Å². The Morgan fingerprint density at radius 3 is 2.80 bits per heavy atom. The van der Waals surface area contributed by atoms with Crippen molar-refractivity contribution < 1.29 is 19.0 Å². The zero-order valence-electron chi connectivity index (χ0n) is 9.80. The Bertz CT molecular complexity index is 728. The van der Waals surface area contributed by atoms with Gasteiger partial charge in [-0.05, 0) is 40.2 Å². The molecule has 100 valence electrons. The second-order valence-corrected chi connectivity index (χ2v) is 4.40. The van der Waals surface area contributed by atoms with Gasteiger partial charge in [0.1, 0.15) is 6.07 Å². The van der Waals surface area contributed by atoms with E-state index < -0.39 is 11.8 Å². The Kier molecular flexibility index (Phi) is 3.96. The van der Waals surface area contributed by atoms with Gasteiger partial charge in [0.15, 0.2) is 23.0 Å². The van der Waals surface area contributed by atoms with Crippen LogP contribution in [0.4, 0.5) is 4.39 Å². The summed E-state index contributed by atoms with van der Waals surface area (Å²) in [5, 5.41) is 17.7. The van der Waals surface area contributed by atoms with Gasteiger partial charge >= 0.3 is 5.97 Å². The number of halogens is 2. The van der Waals surface area contributed by atoms with E-state index in [1.165, 1.54) is 30.5 Å². The average molecular weight is 337 g/mol. The number of aromatic nitrogens is 1. The molecule has 0 atom stereocenters. The van der Waals surface area contributed by atoms with Gasteiger partial charge in [-0.25, -0.2) is 14.2 Å². The summed E-state index contributed by atoms with van der Waals surface area (Å²) in [5.74, 6) is -2.36. The molecule has 5 nitrogen and oxygen atoms in total. The summed E-state index contributed by atoms with van der Waals surface area (Å²) in [6.45, 7) is 0. The topological polar surface area (TPSA) is 83.2 Å². The molecule has 1 aromatic carbocycles. The number of pyridine rings is 1. The van der Waals surface area contributed by atoms with E-state index >= 15 is 0 Å². The molecule has 0 saturated carbocycles. The summed E-state index contributed by atoms with van der Waals surface area (Å²) in [5.41, 5.74) is -0.216. The fourth-order valence-corrected chi connectivity index (χ4v) is 1.87. The summed E-state index contributed by atoms with van der Waals surface area (Å²) >= 11 is 2.94. The highest BCUT2D eigenvalue weighted by Crippen LogP contribution is 2.32. The van der Waals surface area contributed by atoms with E-state index in [9.17, 15) is 9.18 Å². The highest BCUT2D eigenvalue weighted by Gasteiger charge is 2.17. The SMILES string of the molecule is N#Cc1ccc(Oc2cccnc2C(=O)O)c(F)c1Br. The van der Waals surface area contributed by atoms with Crippen molar-refractivity contribution in [1.82, 2.24) is 4.98 Å². The van der Waals surface area contributed by atoms with Crippen LogP contribution in [0.25, 0.3) is 0 Å². The van der Waals surface area contributed by atoms with Crippen LogP contribution in [0.3, 0.4) is 0 Å². The van der Waals surface area contributed by atoms with Gasteiger partial charge in [0, 0.05) is 6.20 Å². The minimum atomic E-state index is -1.28. The highest BCUT2D eigenvalue weighted by molar-refractivity contribution is 9.10. The number of carboxylic acid groups (broad SMARTS) is 1. The number of rotatable bonds is 3. The van der Waals surface area contributed by atoms with Crippen molar-refractivity contribution in [3.8, 4) is 17.6 Å². The lowest BCUT2D eigenvalue weighted by Crippen LogP contribution is -2.03. The third-order valence-electron chi connectivity index (χ3n) is 2.36. The first-order valence-electron chi connectivity index (χ1n) is 5.29. The summed E-state index contributed by atoms with van der Waals surface area (Å²) in [7, 11) is 0. The molecule has 20 heavy (non-hydrogen) atoms. The molecule has 0 aliphatic carbocycles. The number of ether oxygens (including phenoxy) is 1. The maximum atomic E-state index is 14.0. The van der Waals surface area contributed by atoms with Gasteiger partial charge in [0.05, 0.1) is 10.0 Å². The largest absolute Gasteiger partial charge is 0.476 e. The molecule has 0 aliphatic heterocycles. The van der Waals surface area contributed by atoms with Gasteiger partial charge in [-0.1, -0.05) is 0 Å². The van der Waals surface area contributed by atoms with E-state index in [1.807, 2.05) is 6.07 Å². The Morgan fingerprint density at radius 1 is 1.40 bits per heavy atom. The van der Waals surface area contributed by atoms with Crippen LogP contribution in [0.2, 0.25) is 0 Å². The van der Waals surface area contributed by atoms with Crippen LogP contribution in [0, 0.1) is 17.1 Å². The second-order valence-electron chi connectivity index (χ2n) is 3.61. The Labute approximate surface area is 121 Å². The maximum absolute atomic E-state index is 14.0. The van der Waals surface area contributed by atoms with Crippen LogP contribution in [-0.4, -0.2) is 16.1 Å². The van der Waals surface area contributed by atoms with Gasteiger partial charge in [-0.2, -0.15) is 5.26 Å². The predicted octanol–water partition coefficient (Wildman–Crippen LogP) is 3.35. The van der Waals surface area contributed by atoms with Crippen LogP contribution in [-0.2, 0) is 0 Å². The molecule has 0 unspecified atom stereocenters. The average Bonchev–Trinajstić information content (AvgIpc) is 2.44. The first kappa shape index (κ1) is 14.0. The third kappa shape index (κ3) is 2.60. The standard InChI is InChI=1S/C13H6BrFN2O3/c14-10-7(6-16)3-4-8(11(10)15)20-9-2-1-5-17-12(9)13(18)19/h1-5H,(H,18,19). The monoisotopic (exact) mass is 336 g/mol. The van der Waals surface area contributed by atoms with E-state index in [0.717, 1.165) is 0 Å². The lowest BCUT2D eigenvalue weighted by Gasteiger charge is -2.09. The zero-order valence-corrected chi connectivity index (χ0v) is 11.4. The molecule has 1 N–H and O–H groups in total. The summed E-state index contributed by atoms with van der Waals surface area (Å²) < 4.78 is 19.2. The Hall–Kier alpha value is -2.46. The summed E-state index contributed by atoms with van der Waals surface area (Å²) in [4.78, 5) is 14.6. The van der Waals surface area contributed by atoms with Crippen LogP contribution in [0.15, 0.2) is 34.9 Å². The number of carbonyl (C=O) groups is 1. The van der Waals surface area contributed by atoms with Crippen LogP contribution in [0.5, 0.6) is 11.5 Å². The van der Waals surface area contributed by atoms with Gasteiger partial charge in [-0.3, -0.25) is 0 Å². The first-order chi connectivity index (χ1) is 9.54. The van der Waals surface area contributed by atoms with Crippen molar-refractivity contribution in [3.05, 3.63) is 52.0 Å². The zero-order chi connectivity index (χ0) is 14.7. The second kappa shape index (κ2) is 5.67. The van der Waals surface area contributed by atoms with Gasteiger partial charge in [-0.15, -0.1) is 0 Å². The molecule has 2 aromatic rings. The number of hydrogen-bond acceptors (Lipinski definition) is 4. The predicted molar refractivity (Wildman–Crippen MR) is 70.1 cm³/mol. The molecular formula is C13H6BrFN2O3. The van der Waals surface area contributed by atoms with Crippen LogP contribution >= 0.6 is 15.9 Å². The Balaban J connectivity index is 2.44. The minimum absolute atomic E-state index is 0.0433. The van der Waals surface area contributed by atoms with E-state index in [1.54, 1.807) is 0 Å². The van der Waals surface area contributed by atoms with Gasteiger partial charge < -0.3 is 9.84 Å². The lowest BCUT2D eigenvalue weighted by molar-refractivity contribution is 0.0687. The first-order valence-corrected chi connectivity index (χ1v) is 6.08. The number of carboxylic acids is 1. The number of nitriles is 1. The minimum Gasteiger partial charge on any atom is -0.476 e. The molecule has 0 bridgehead atoms. The molecule has 7 heteroatoms. The molecule has 1 aromatic heterocycles. The highest BCUT2D eigenvalue weighted by atomic mass is 79.9. The molecular weight excluding hydrogens is 331 g/mol. The fraction of sp³-hybridized carbons (Fsp3) is 0. The molecule has 2 rings (SSSR count). The van der Waals surface area contributed by atoms with Gasteiger partial charge in [0.25, 0.3) is 0 Å². The maximum Gasteiger partial charge on any atom is 0.358 e. The van der Waals surface area contributed by atoms with Crippen molar-refractivity contribution in [2.45, 2.75) is 0 Å². The fourth-order valence-electron chi connectivity index (χ4n) is 1.45. The van der Waals surface area contributed by atoms with Gasteiger partial charge in [0.2, 0.25) is 0 Å². The Morgan fingerprint density at radius 2 is 2.15 bits per heavy atom. The number of benzene rings is 1. The van der Waals surface area contributed by atoms with Crippen LogP contribution in [0.1, 0.15) is 16.1 Å². The van der Waals surface area contributed by atoms with E-state index in [4.69, 9.17) is 15.1 Å². The molecule has 0 radical (unpaired) electrons. The number of hydrogen-bond donors (Lipinski definition) is 1. The molecule has 0 fully saturated rings. The van der Waals surface area contributed by atoms with E-state index in [-0.39, 0.29) is 27.2 Å². The van der Waals surface area contributed by atoms with Crippen LogP contribution < -0.4 is 4.74 Å². The molecule has 0 aliphatic rings. The molecule has 1 heterocycles.